The highest BCUT2D eigenvalue weighted by molar-refractivity contribution is 5.74. The first-order chi connectivity index (χ1) is 63.6. The fourth-order valence-corrected chi connectivity index (χ4v) is 8.49. The molecule has 0 bridgehead atoms. The molecule has 1 aliphatic rings. The molecule has 33 heteroatoms. The third-order valence-electron chi connectivity index (χ3n) is 15.1. The molecule has 1 unspecified atom stereocenters. The Bertz CT molecular complexity index is 3530. The molecule has 0 aromatic rings. The summed E-state index contributed by atoms with van der Waals surface area (Å²) in [7, 11) is 0. The van der Waals surface area contributed by atoms with Gasteiger partial charge in [-0.15, -0.1) is 39.3 Å². The molecular formula is C97H151FN24O8. The van der Waals surface area contributed by atoms with Gasteiger partial charge in [-0.1, -0.05) is 384 Å². The largest absolute Gasteiger partial charge is 0.238 e. The van der Waals surface area contributed by atoms with Crippen molar-refractivity contribution in [3.05, 3.63) is 331 Å². The van der Waals surface area contributed by atoms with Crippen LogP contribution in [0.1, 0.15) is 237 Å². The molecule has 3 atom stereocenters. The van der Waals surface area contributed by atoms with Gasteiger partial charge in [0, 0.05) is 60.5 Å². The van der Waals surface area contributed by atoms with E-state index in [-0.39, 0.29) is 5.41 Å². The van der Waals surface area contributed by atoms with E-state index in [1.807, 2.05) is 148 Å². The molecule has 0 amide bonds. The van der Waals surface area contributed by atoms with E-state index < -0.39 is 6.17 Å². The quantitative estimate of drug-likeness (QED) is 0.00700. The maximum Gasteiger partial charge on any atom is 0.137 e. The molecule has 0 aromatic heterocycles. The first-order valence-electron chi connectivity index (χ1n) is 44.0. The summed E-state index contributed by atoms with van der Waals surface area (Å²) in [4.78, 5) is 76.7. The number of nitrogens with one attached hydrogen (secondary N) is 8. The lowest BCUT2D eigenvalue weighted by Gasteiger charge is -2.13. The molecule has 0 radical (unpaired) electrons. The Hall–Kier alpha value is -13.8. The summed E-state index contributed by atoms with van der Waals surface area (Å²) < 4.78 is 13.0. The maximum atomic E-state index is 13.0. The van der Waals surface area contributed by atoms with Gasteiger partial charge in [-0.25, -0.2) is 4.39 Å². The van der Waals surface area contributed by atoms with Crippen LogP contribution in [0.3, 0.4) is 0 Å². The molecule has 1 saturated carbocycles. The van der Waals surface area contributed by atoms with Crippen LogP contribution in [0.2, 0.25) is 0 Å². The number of hydrogen-bond donors (Lipinski definition) is 8. The molecule has 0 saturated heterocycles. The van der Waals surface area contributed by atoms with E-state index >= 15 is 0 Å². The van der Waals surface area contributed by atoms with Crippen molar-refractivity contribution in [1.29, 1.82) is 0 Å². The Kier molecular flexibility index (Phi) is 121. The van der Waals surface area contributed by atoms with Crippen LogP contribution in [0, 0.1) is 61.9 Å². The van der Waals surface area contributed by atoms with E-state index in [1.54, 1.807) is 60.8 Å². The smallest absolute Gasteiger partial charge is 0.137 e. The topological polar surface area (TPSA) is 431 Å². The van der Waals surface area contributed by atoms with Gasteiger partial charge in [0.1, 0.15) is 6.17 Å². The van der Waals surface area contributed by atoms with Gasteiger partial charge in [0.25, 0.3) is 0 Å². The van der Waals surface area contributed by atoms with Crippen LogP contribution in [0.5, 0.6) is 0 Å². The second-order valence-electron chi connectivity index (χ2n) is 27.3. The second-order valence-corrected chi connectivity index (χ2v) is 27.3. The van der Waals surface area contributed by atoms with Gasteiger partial charge in [-0.2, -0.15) is 85.1 Å². The molecule has 0 heterocycles. The van der Waals surface area contributed by atoms with Crippen molar-refractivity contribution in [2.75, 3.05) is 0 Å². The number of nitrogens with zero attached hydrogens (tertiary/aromatic N) is 16. The Morgan fingerprint density at radius 3 is 0.915 bits per heavy atom. The third-order valence-corrected chi connectivity index (χ3v) is 15.1. The van der Waals surface area contributed by atoms with Gasteiger partial charge < -0.3 is 0 Å². The Morgan fingerprint density at radius 1 is 0.269 bits per heavy atom. The van der Waals surface area contributed by atoms with Crippen molar-refractivity contribution < 1.29 is 4.39 Å². The van der Waals surface area contributed by atoms with Gasteiger partial charge in [-0.3, -0.25) is 0 Å². The van der Waals surface area contributed by atoms with Crippen LogP contribution in [0.4, 0.5) is 4.39 Å². The lowest BCUT2D eigenvalue weighted by atomic mass is 9.92. The minimum atomic E-state index is -1.07. The predicted molar refractivity (Wildman–Crippen MR) is 554 cm³/mol. The van der Waals surface area contributed by atoms with Gasteiger partial charge in [0.05, 0.1) is 42.3 Å². The Morgan fingerprint density at radius 2 is 0.577 bits per heavy atom. The van der Waals surface area contributed by atoms with Crippen molar-refractivity contribution in [2.24, 2.45) is 106 Å². The number of alkyl halides is 1. The fourth-order valence-electron chi connectivity index (χ4n) is 8.49. The van der Waals surface area contributed by atoms with Crippen molar-refractivity contribution in [3.63, 3.8) is 0 Å². The molecule has 0 aromatic carbocycles. The van der Waals surface area contributed by atoms with Gasteiger partial charge in [-0.05, 0) is 156 Å². The summed E-state index contributed by atoms with van der Waals surface area (Å²) in [5.74, 6) is 0.866. The summed E-state index contributed by atoms with van der Waals surface area (Å²) in [5.41, 5.74) is 15.8. The Labute approximate surface area is 774 Å². The number of hydrazone groups is 8. The SMILES string of the molecule is CC/C=C/C/C=C/C=C/C=N/NN=O.CCC/C=C/C(C)(C)/C=C/C=C/C=N/NN=O.CCC/C=C/C(F)/C=C/C=C/C=N/NN=O.CCC/C=C/C1(/C=C/C=C/C=N/NN=O)CC1.CCC/C=C/[C@@H](C)/C=C/C=C/C=N/NN=O.CCC/C=C/[C@H](C)/C=C/C=C/C=N/NN=O.CCCC/C=C/C/C=C/C=C/C=N/NN=O.CCCCCC/C=C/C/C=C/C=C/C=N/NN=O. The molecule has 0 aliphatic heterocycles. The molecule has 1 fully saturated rings. The molecule has 8 N–H and O–H groups in total. The standard InChI is InChI=1S/C14H23N3O.C13H19N3O.C13H21N3O.3C12H19N3O.C11H16FN3O.C10H15N3O/c1-2-3-4-5-6-7-8-9-10-11-12-13-14-15-16-17-18;1-2-3-5-8-13(10-11-13)9-6-4-7-12-14-15-16-17;1-4-5-7-10-13(2,3)11-8-6-9-12-14-15-16-17;2*1-3-4-6-9-12(2)10-7-5-8-11-13-14-15-16;1-2-3-4-5-6-7-8-9-10-11-12-13-14-15-16;1-2-3-5-8-11(12)9-6-4-7-10-13-14-15-16;1-2-3-4-5-6-7-8-9-10-11-12-13-14/h7-8,10-14H,2-6,9H2,1H3,(H,16,18);4-9,12H,2-3,10-11H2,1H3,(H,15,17);6-12H,4-5H2,1-3H3,(H,15,17);2*5-12H,3-4H2,1-2H3,(H,14,16);5-6,8-12H,2-4,7H2,1H3,(H,14,16);4-11H,2-3H2,1H3,(H,14,16);3-4,6-10H,2,5H2,1H3,(H,12,14)/b8-7+,11-10+,13-12+,15-14+;7-4+,8-5+,9-6+,14-12+;9-6+,10-7+,11-8+,14-12+;2*8-5+,9-6+,10-7+,13-11+;6-5+,9-8+,11-10+,13-12+;7-4+,8-5+,9-6+,13-10+;4-3+,7-6+,9-8+,11-10+/t;;;2*12-;;;/m...10.../s1. The van der Waals surface area contributed by atoms with Crippen molar-refractivity contribution in [2.45, 2.75) is 243 Å². The monoisotopic (exact) mass is 1800 g/mol. The zero-order valence-electron chi connectivity index (χ0n) is 78.8. The van der Waals surface area contributed by atoms with Gasteiger partial charge in [0.2, 0.25) is 0 Å². The summed E-state index contributed by atoms with van der Waals surface area (Å²) >= 11 is 0. The molecule has 1 aliphatic carbocycles. The van der Waals surface area contributed by atoms with Crippen molar-refractivity contribution in [1.82, 2.24) is 44.3 Å². The Balaban J connectivity index is -0.000000266. The number of hydrogen-bond acceptors (Lipinski definition) is 24. The summed E-state index contributed by atoms with van der Waals surface area (Å²) in [6.07, 6.45) is 132. The van der Waals surface area contributed by atoms with Crippen molar-refractivity contribution in [3.8, 4) is 0 Å². The maximum absolute atomic E-state index is 13.0. The van der Waals surface area contributed by atoms with Crippen LogP contribution < -0.4 is 44.3 Å². The molecule has 130 heavy (non-hydrogen) atoms. The number of rotatable bonds is 67. The van der Waals surface area contributed by atoms with E-state index in [0.29, 0.717) is 17.3 Å². The second kappa shape index (κ2) is 122. The summed E-state index contributed by atoms with van der Waals surface area (Å²) in [6.45, 7) is 25.8. The first kappa shape index (κ1) is 129. The van der Waals surface area contributed by atoms with Crippen molar-refractivity contribution >= 4 is 49.7 Å². The van der Waals surface area contributed by atoms with Crippen LogP contribution in [-0.2, 0) is 0 Å². The third kappa shape index (κ3) is 135. The number of allylic oxidation sites excluding steroid dienone is 48. The first-order valence-corrected chi connectivity index (χ1v) is 44.0. The fraction of sp³-hybridized carbons (Fsp3) is 0.423. The van der Waals surface area contributed by atoms with E-state index in [4.69, 9.17) is 0 Å². The average Bonchev–Trinajstić information content (AvgIpc) is 1.67. The number of nitroso groups, excluding NO2 is 8. The highest BCUT2D eigenvalue weighted by Gasteiger charge is 2.36. The highest BCUT2D eigenvalue weighted by Crippen LogP contribution is 2.48. The summed E-state index contributed by atoms with van der Waals surface area (Å²) in [5, 5.41) is 46.6. The van der Waals surface area contributed by atoms with E-state index in [9.17, 15) is 43.6 Å². The zero-order chi connectivity index (χ0) is 97.3. The van der Waals surface area contributed by atoms with E-state index in [0.717, 1.165) is 70.6 Å². The predicted octanol–water partition coefficient (Wildman–Crippen LogP) is 27.5. The lowest BCUT2D eigenvalue weighted by Crippen LogP contribution is -2.01. The van der Waals surface area contributed by atoms with E-state index in [2.05, 4.69) is 281 Å². The van der Waals surface area contributed by atoms with Crippen LogP contribution in [-0.4, -0.2) is 55.9 Å². The molecule has 1 rings (SSSR count). The van der Waals surface area contributed by atoms with Crippen LogP contribution in [0.25, 0.3) is 0 Å². The minimum absolute atomic E-state index is 0.0548. The average molecular weight is 1800 g/mol. The summed E-state index contributed by atoms with van der Waals surface area (Å²) in [6, 6.07) is 0. The lowest BCUT2D eigenvalue weighted by molar-refractivity contribution is 0.468. The van der Waals surface area contributed by atoms with Gasteiger partial charge >= 0.3 is 0 Å². The van der Waals surface area contributed by atoms with Crippen LogP contribution >= 0.6 is 0 Å². The zero-order valence-corrected chi connectivity index (χ0v) is 78.8. The van der Waals surface area contributed by atoms with E-state index in [1.165, 1.54) is 145 Å². The number of halogens is 1. The van der Waals surface area contributed by atoms with Gasteiger partial charge in [0.15, 0.2) is 0 Å². The number of unbranched alkanes of at least 4 members (excludes halogenated alkanes) is 11. The molecule has 0 spiro atoms. The minimum Gasteiger partial charge on any atom is -0.238 e. The highest BCUT2D eigenvalue weighted by atomic mass is 19.1. The van der Waals surface area contributed by atoms with Crippen LogP contribution in [0.15, 0.2) is 375 Å². The molecular weight excluding hydrogens is 1650 g/mol. The molecule has 714 valence electrons. The molecule has 32 nitrogen and oxygen atoms in total. The normalized spacial score (nSPS) is 14.0.